The lowest BCUT2D eigenvalue weighted by molar-refractivity contribution is 0.0839. The summed E-state index contributed by atoms with van der Waals surface area (Å²) in [6.07, 6.45) is 10.2. The summed E-state index contributed by atoms with van der Waals surface area (Å²) in [5, 5.41) is 21.9. The predicted molar refractivity (Wildman–Crippen MR) is 125 cm³/mol. The Balaban J connectivity index is 1.32. The van der Waals surface area contributed by atoms with Gasteiger partial charge in [-0.2, -0.15) is 5.10 Å². The van der Waals surface area contributed by atoms with E-state index in [1.54, 1.807) is 6.20 Å². The van der Waals surface area contributed by atoms with Crippen molar-refractivity contribution >= 4 is 33.7 Å². The Labute approximate surface area is 184 Å². The maximum absolute atomic E-state index is 10.2. The summed E-state index contributed by atoms with van der Waals surface area (Å²) in [6.45, 7) is 3.33. The molecule has 0 bridgehead atoms. The van der Waals surface area contributed by atoms with E-state index in [0.29, 0.717) is 6.54 Å². The van der Waals surface area contributed by atoms with E-state index in [4.69, 9.17) is 0 Å². The number of aromatic nitrogens is 5. The predicted octanol–water partition coefficient (Wildman–Crippen LogP) is 3.98. The summed E-state index contributed by atoms with van der Waals surface area (Å²) in [7, 11) is 0. The van der Waals surface area contributed by atoms with Crippen LogP contribution in [0.4, 0.5) is 17.2 Å². The van der Waals surface area contributed by atoms with Gasteiger partial charge in [-0.3, -0.25) is 5.10 Å². The Kier molecular flexibility index (Phi) is 4.16. The van der Waals surface area contributed by atoms with Gasteiger partial charge in [0.15, 0.2) is 5.65 Å². The Morgan fingerprint density at radius 3 is 2.84 bits per heavy atom. The number of nitrogens with one attached hydrogen (secondary N) is 2. The molecule has 0 spiro atoms. The Hall–Kier alpha value is -3.91. The van der Waals surface area contributed by atoms with E-state index in [-0.39, 0.29) is 0 Å². The fourth-order valence-electron chi connectivity index (χ4n) is 4.35. The molecule has 1 aliphatic rings. The number of aliphatic hydroxyl groups is 1. The van der Waals surface area contributed by atoms with Crippen LogP contribution in [0, 0.1) is 0 Å². The molecule has 0 amide bonds. The van der Waals surface area contributed by atoms with Crippen LogP contribution < -0.4 is 10.2 Å². The number of H-pyrrole nitrogens is 1. The lowest BCUT2D eigenvalue weighted by Gasteiger charge is -2.20. The number of pyridine rings is 2. The van der Waals surface area contributed by atoms with Crippen molar-refractivity contribution < 1.29 is 5.11 Å². The van der Waals surface area contributed by atoms with E-state index >= 15 is 0 Å². The first-order valence-electron chi connectivity index (χ1n) is 10.6. The van der Waals surface area contributed by atoms with Crippen LogP contribution in [-0.4, -0.2) is 48.4 Å². The van der Waals surface area contributed by atoms with Gasteiger partial charge in [0.2, 0.25) is 0 Å². The smallest absolute Gasteiger partial charge is 0.160 e. The Bertz CT molecular complexity index is 1420. The zero-order valence-electron chi connectivity index (χ0n) is 17.7. The van der Waals surface area contributed by atoms with E-state index < -0.39 is 5.60 Å². The van der Waals surface area contributed by atoms with Crippen molar-refractivity contribution in [1.29, 1.82) is 0 Å². The molecule has 1 atom stereocenters. The third-order valence-electron chi connectivity index (χ3n) is 6.09. The zero-order valence-corrected chi connectivity index (χ0v) is 17.7. The van der Waals surface area contributed by atoms with Gasteiger partial charge in [-0.15, -0.1) is 0 Å². The fraction of sp³-hybridized carbons (Fsp3) is 0.208. The van der Waals surface area contributed by atoms with Crippen LogP contribution >= 0.6 is 0 Å². The number of nitrogens with zero attached hydrogens (tertiary/aromatic N) is 5. The van der Waals surface area contributed by atoms with Crippen LogP contribution in [0.3, 0.4) is 0 Å². The zero-order chi connectivity index (χ0) is 21.7. The summed E-state index contributed by atoms with van der Waals surface area (Å²) >= 11 is 0. The van der Waals surface area contributed by atoms with Crippen molar-refractivity contribution in [3.8, 4) is 11.1 Å². The van der Waals surface area contributed by atoms with Crippen LogP contribution in [-0.2, 0) is 0 Å². The molecule has 1 unspecified atom stereocenters. The molecule has 3 N–H and O–H groups in total. The quantitative estimate of drug-likeness (QED) is 0.403. The van der Waals surface area contributed by atoms with E-state index in [0.717, 1.165) is 57.8 Å². The number of anilines is 3. The first-order chi connectivity index (χ1) is 15.5. The molecule has 1 fully saturated rings. The van der Waals surface area contributed by atoms with Gasteiger partial charge >= 0.3 is 0 Å². The van der Waals surface area contributed by atoms with Crippen molar-refractivity contribution in [1.82, 2.24) is 24.6 Å². The average molecular weight is 425 g/mol. The third-order valence-corrected chi connectivity index (χ3v) is 6.09. The number of hydrogen-bond acceptors (Lipinski definition) is 6. The number of rotatable bonds is 4. The minimum Gasteiger partial charge on any atom is -0.388 e. The number of aromatic amines is 1. The minimum atomic E-state index is -0.636. The number of fused-ring (bicyclic) bond motifs is 2. The molecule has 8 heteroatoms. The summed E-state index contributed by atoms with van der Waals surface area (Å²) in [4.78, 5) is 11.3. The van der Waals surface area contributed by atoms with Crippen LogP contribution in [0.25, 0.3) is 27.7 Å². The van der Waals surface area contributed by atoms with Crippen LogP contribution in [0.5, 0.6) is 0 Å². The second kappa shape index (κ2) is 7.06. The van der Waals surface area contributed by atoms with Crippen molar-refractivity contribution in [2.24, 2.45) is 0 Å². The van der Waals surface area contributed by atoms with Gasteiger partial charge in [-0.25, -0.2) is 9.97 Å². The second-order valence-electron chi connectivity index (χ2n) is 8.67. The van der Waals surface area contributed by atoms with Gasteiger partial charge in [0.1, 0.15) is 5.82 Å². The van der Waals surface area contributed by atoms with Gasteiger partial charge < -0.3 is 19.7 Å². The van der Waals surface area contributed by atoms with E-state index in [1.807, 2.05) is 42.0 Å². The van der Waals surface area contributed by atoms with Crippen molar-refractivity contribution in [2.45, 2.75) is 18.9 Å². The summed E-state index contributed by atoms with van der Waals surface area (Å²) in [5.74, 6) is 0.741. The normalized spacial score (nSPS) is 18.6. The van der Waals surface area contributed by atoms with Gasteiger partial charge in [0.05, 0.1) is 34.9 Å². The van der Waals surface area contributed by atoms with Crippen molar-refractivity contribution in [3.05, 3.63) is 67.4 Å². The van der Waals surface area contributed by atoms with E-state index in [2.05, 4.69) is 60.8 Å². The second-order valence-corrected chi connectivity index (χ2v) is 8.67. The molecular weight excluding hydrogens is 402 g/mol. The first kappa shape index (κ1) is 18.8. The maximum Gasteiger partial charge on any atom is 0.160 e. The van der Waals surface area contributed by atoms with E-state index in [1.165, 1.54) is 0 Å². The van der Waals surface area contributed by atoms with Crippen LogP contribution in [0.15, 0.2) is 67.4 Å². The standard InChI is InChI=1S/C24H23N7O/c1-24(32)6-8-31(15-24)19-4-5-22(26-13-19)28-21-11-18(14-30-9-7-25-23(21)30)16-2-3-17-12-27-29-20(17)10-16/h2-5,7,9-14,32H,6,8,15H2,1H3,(H,26,28)(H,27,29). The monoisotopic (exact) mass is 425 g/mol. The fourth-order valence-corrected chi connectivity index (χ4v) is 4.35. The molecule has 0 radical (unpaired) electrons. The third kappa shape index (κ3) is 3.34. The maximum atomic E-state index is 10.2. The van der Waals surface area contributed by atoms with Crippen LogP contribution in [0.2, 0.25) is 0 Å². The van der Waals surface area contributed by atoms with Crippen LogP contribution in [0.1, 0.15) is 13.3 Å². The number of β-amino-alcohol motifs (C(OH)–C–C–N with tert-alkyl or cyclic N) is 1. The highest BCUT2D eigenvalue weighted by Crippen LogP contribution is 2.30. The molecular formula is C24H23N7O. The molecule has 0 aliphatic carbocycles. The van der Waals surface area contributed by atoms with Crippen molar-refractivity contribution in [2.75, 3.05) is 23.3 Å². The van der Waals surface area contributed by atoms with Gasteiger partial charge in [-0.05, 0) is 43.2 Å². The summed E-state index contributed by atoms with van der Waals surface area (Å²) in [5.41, 5.74) is 5.24. The molecule has 5 heterocycles. The summed E-state index contributed by atoms with van der Waals surface area (Å²) in [6, 6.07) is 12.4. The molecule has 5 aromatic rings. The Morgan fingerprint density at radius 1 is 1.09 bits per heavy atom. The van der Waals surface area contributed by atoms with Gasteiger partial charge in [-0.1, -0.05) is 12.1 Å². The molecule has 160 valence electrons. The molecule has 1 aromatic carbocycles. The van der Waals surface area contributed by atoms with Gasteiger partial charge in [0, 0.05) is 42.6 Å². The number of imidazole rings is 1. The lowest BCUT2D eigenvalue weighted by atomic mass is 10.1. The highest BCUT2D eigenvalue weighted by molar-refractivity contribution is 5.86. The molecule has 6 rings (SSSR count). The minimum absolute atomic E-state index is 0.624. The molecule has 1 aliphatic heterocycles. The highest BCUT2D eigenvalue weighted by Gasteiger charge is 2.31. The first-order valence-corrected chi connectivity index (χ1v) is 10.6. The largest absolute Gasteiger partial charge is 0.388 e. The topological polar surface area (TPSA) is 94.4 Å². The molecule has 1 saturated heterocycles. The number of hydrogen-bond donors (Lipinski definition) is 3. The molecule has 32 heavy (non-hydrogen) atoms. The molecule has 0 saturated carbocycles. The molecule has 8 nitrogen and oxygen atoms in total. The lowest BCUT2D eigenvalue weighted by Crippen LogP contribution is -2.29. The molecule has 4 aromatic heterocycles. The summed E-state index contributed by atoms with van der Waals surface area (Å²) < 4.78 is 2.01. The SMILES string of the molecule is CC1(O)CCN(c2ccc(Nc3cc(-c4ccc5cn[nH]c5c4)cn4ccnc34)nc2)C1. The van der Waals surface area contributed by atoms with Crippen molar-refractivity contribution in [3.63, 3.8) is 0 Å². The average Bonchev–Trinajstić information content (AvgIpc) is 3.52. The highest BCUT2D eigenvalue weighted by atomic mass is 16.3. The Morgan fingerprint density at radius 2 is 2.03 bits per heavy atom. The number of benzene rings is 1. The van der Waals surface area contributed by atoms with E-state index in [9.17, 15) is 5.11 Å². The van der Waals surface area contributed by atoms with Gasteiger partial charge in [0.25, 0.3) is 0 Å².